The smallest absolute Gasteiger partial charge is 0.295 e. The number of fused-ring (bicyclic) bond motifs is 1. The van der Waals surface area contributed by atoms with Crippen LogP contribution in [0.5, 0.6) is 5.75 Å². The number of benzene rings is 1. The lowest BCUT2D eigenvalue weighted by Gasteiger charge is -2.42. The topological polar surface area (TPSA) is 180 Å². The predicted molar refractivity (Wildman–Crippen MR) is 104 cm³/mol. The molecule has 2 heterocycles. The highest BCUT2D eigenvalue weighted by molar-refractivity contribution is 5.46. The molecule has 0 aliphatic carbocycles. The number of rotatable bonds is 7. The summed E-state index contributed by atoms with van der Waals surface area (Å²) < 4.78 is 7.02. The quantitative estimate of drug-likeness (QED) is 0.481. The van der Waals surface area contributed by atoms with Crippen LogP contribution in [0, 0.1) is 31.6 Å². The Kier molecular flexibility index (Phi) is 5.99. The molecule has 1 unspecified atom stereocenters. The Balaban J connectivity index is 2.06. The minimum absolute atomic E-state index is 0.0309. The summed E-state index contributed by atoms with van der Waals surface area (Å²) in [4.78, 5) is 42.7. The maximum atomic E-state index is 12.9. The molecule has 0 spiro atoms. The van der Waals surface area contributed by atoms with Crippen LogP contribution in [-0.2, 0) is 9.68 Å². The maximum absolute atomic E-state index is 12.9. The van der Waals surface area contributed by atoms with Crippen LogP contribution in [0.25, 0.3) is 0 Å². The van der Waals surface area contributed by atoms with Gasteiger partial charge in [0.1, 0.15) is 24.1 Å². The number of aliphatic hydroxyl groups excluding tert-OH is 1. The van der Waals surface area contributed by atoms with Gasteiger partial charge in [-0.15, -0.1) is 20.2 Å². The Morgan fingerprint density at radius 3 is 2.59 bits per heavy atom. The number of nitriles is 1. The molecule has 1 aliphatic rings. The van der Waals surface area contributed by atoms with Crippen molar-refractivity contribution in [2.45, 2.75) is 37.7 Å². The summed E-state index contributed by atoms with van der Waals surface area (Å²) in [5, 5.41) is 39.1. The van der Waals surface area contributed by atoms with Crippen molar-refractivity contribution in [1.82, 2.24) is 4.57 Å². The molecule has 3 rings (SSSR count). The Hall–Kier alpha value is -4.18. The minimum atomic E-state index is -1.52. The van der Waals surface area contributed by atoms with E-state index in [2.05, 4.69) is 9.68 Å². The largest absolute Gasteiger partial charge is 0.485 e. The predicted octanol–water partition coefficient (Wildman–Crippen LogP) is 1.30. The summed E-state index contributed by atoms with van der Waals surface area (Å²) >= 11 is 0. The molecule has 13 nitrogen and oxygen atoms in total. The van der Waals surface area contributed by atoms with Gasteiger partial charge >= 0.3 is 0 Å². The minimum Gasteiger partial charge on any atom is -0.485 e. The van der Waals surface area contributed by atoms with E-state index in [-0.39, 0.29) is 5.56 Å². The van der Waals surface area contributed by atoms with E-state index in [1.807, 2.05) is 6.07 Å². The third-order valence-corrected chi connectivity index (χ3v) is 5.03. The van der Waals surface area contributed by atoms with Gasteiger partial charge in [0.25, 0.3) is 15.7 Å². The number of nitrogens with zero attached hydrogens (tertiary/aromatic N) is 4. The van der Waals surface area contributed by atoms with E-state index >= 15 is 0 Å². The molecule has 1 aliphatic heterocycles. The zero-order valence-corrected chi connectivity index (χ0v) is 16.9. The zero-order chi connectivity index (χ0) is 23.6. The van der Waals surface area contributed by atoms with Crippen LogP contribution in [0.15, 0.2) is 41.3 Å². The van der Waals surface area contributed by atoms with Crippen LogP contribution in [0.1, 0.15) is 42.7 Å². The van der Waals surface area contributed by atoms with E-state index in [1.54, 1.807) is 26.0 Å². The maximum Gasteiger partial charge on any atom is 0.295 e. The lowest BCUT2D eigenvalue weighted by atomic mass is 9.85. The Morgan fingerprint density at radius 2 is 2.00 bits per heavy atom. The number of aromatic nitrogens is 1. The summed E-state index contributed by atoms with van der Waals surface area (Å²) in [5.74, 6) is 0.384. The highest BCUT2D eigenvalue weighted by Crippen LogP contribution is 2.41. The number of hydrogen-bond acceptors (Lipinski definition) is 10. The lowest BCUT2D eigenvalue weighted by molar-refractivity contribution is -0.792. The lowest BCUT2D eigenvalue weighted by Crippen LogP contribution is -2.52. The molecule has 0 radical (unpaired) electrons. The van der Waals surface area contributed by atoms with Gasteiger partial charge in [0.05, 0.1) is 17.7 Å². The van der Waals surface area contributed by atoms with Crippen LogP contribution in [-0.4, -0.2) is 38.2 Å². The molecular weight excluding hydrogens is 428 g/mol. The third-order valence-electron chi connectivity index (χ3n) is 5.03. The van der Waals surface area contributed by atoms with Gasteiger partial charge in [0.2, 0.25) is 0 Å². The van der Waals surface area contributed by atoms with E-state index in [4.69, 9.17) is 4.74 Å². The average molecular weight is 446 g/mol. The summed E-state index contributed by atoms with van der Waals surface area (Å²) in [5.41, 5.74) is -1.08. The molecule has 0 fully saturated rings. The molecule has 1 aromatic carbocycles. The molecule has 2 aromatic rings. The molecule has 0 amide bonds. The molecule has 0 bridgehead atoms. The van der Waals surface area contributed by atoms with E-state index in [0.717, 1.165) is 6.07 Å². The normalized spacial score (nSPS) is 19.6. The molecule has 13 heteroatoms. The number of pyridine rings is 1. The van der Waals surface area contributed by atoms with E-state index in [9.17, 15) is 35.4 Å². The SMILES string of the molecule is CC1(C)Oc2ccc(C#N)cc2[C@@H](n2ccc(C(CO[N+](=O)[O-])O[N+](=O)[O-])cc2=O)[C@@H]1O. The van der Waals surface area contributed by atoms with Gasteiger partial charge in [-0.05, 0) is 43.7 Å². The van der Waals surface area contributed by atoms with Crippen molar-refractivity contribution in [2.24, 2.45) is 0 Å². The fourth-order valence-electron chi connectivity index (χ4n) is 3.49. The number of ether oxygens (including phenoxy) is 1. The van der Waals surface area contributed by atoms with Gasteiger partial charge in [-0.2, -0.15) is 5.26 Å². The second kappa shape index (κ2) is 8.52. The third kappa shape index (κ3) is 4.44. The van der Waals surface area contributed by atoms with Crippen LogP contribution in [0.2, 0.25) is 0 Å². The molecule has 1 N–H and O–H groups in total. The second-order valence-corrected chi connectivity index (χ2v) is 7.50. The van der Waals surface area contributed by atoms with E-state index < -0.39 is 46.2 Å². The van der Waals surface area contributed by atoms with Crippen LogP contribution < -0.4 is 10.3 Å². The summed E-state index contributed by atoms with van der Waals surface area (Å²) in [6.07, 6.45) is -1.44. The highest BCUT2D eigenvalue weighted by atomic mass is 17.0. The van der Waals surface area contributed by atoms with Gasteiger partial charge in [-0.1, -0.05) is 0 Å². The molecule has 1 aromatic heterocycles. The monoisotopic (exact) mass is 446 g/mol. The first-order chi connectivity index (χ1) is 15.0. The van der Waals surface area contributed by atoms with Gasteiger partial charge in [0, 0.05) is 17.8 Å². The Labute approximate surface area is 180 Å². The first-order valence-corrected chi connectivity index (χ1v) is 9.25. The summed E-state index contributed by atoms with van der Waals surface area (Å²) in [7, 11) is 0. The van der Waals surface area contributed by atoms with Crippen molar-refractivity contribution in [3.8, 4) is 11.8 Å². The zero-order valence-electron chi connectivity index (χ0n) is 16.9. The molecule has 32 heavy (non-hydrogen) atoms. The van der Waals surface area contributed by atoms with Crippen LogP contribution in [0.4, 0.5) is 0 Å². The highest BCUT2D eigenvalue weighted by Gasteiger charge is 2.44. The average Bonchev–Trinajstić information content (AvgIpc) is 2.72. The van der Waals surface area contributed by atoms with Gasteiger partial charge < -0.3 is 24.1 Å². The summed E-state index contributed by atoms with van der Waals surface area (Å²) in [6, 6.07) is 7.97. The van der Waals surface area contributed by atoms with Gasteiger partial charge in [-0.25, -0.2) is 0 Å². The van der Waals surface area contributed by atoms with Crippen LogP contribution in [0.3, 0.4) is 0 Å². The fraction of sp³-hybridized carbons (Fsp3) is 0.368. The first-order valence-electron chi connectivity index (χ1n) is 9.25. The van der Waals surface area contributed by atoms with Gasteiger partial charge in [-0.3, -0.25) is 4.79 Å². The van der Waals surface area contributed by atoms with Crippen molar-refractivity contribution in [2.75, 3.05) is 6.61 Å². The van der Waals surface area contributed by atoms with Gasteiger partial charge in [0.15, 0.2) is 6.10 Å². The number of aliphatic hydroxyl groups is 1. The van der Waals surface area contributed by atoms with Crippen molar-refractivity contribution in [3.63, 3.8) is 0 Å². The molecule has 0 saturated carbocycles. The van der Waals surface area contributed by atoms with Crippen molar-refractivity contribution in [3.05, 3.63) is 83.8 Å². The Morgan fingerprint density at radius 1 is 1.28 bits per heavy atom. The second-order valence-electron chi connectivity index (χ2n) is 7.50. The van der Waals surface area contributed by atoms with Crippen molar-refractivity contribution in [1.29, 1.82) is 5.26 Å². The Bertz CT molecular complexity index is 1150. The van der Waals surface area contributed by atoms with Crippen molar-refractivity contribution < 1.29 is 29.7 Å². The molecule has 0 saturated heterocycles. The van der Waals surface area contributed by atoms with Crippen molar-refractivity contribution >= 4 is 0 Å². The molecular formula is C19H18N4O9. The molecule has 3 atom stereocenters. The standard InChI is InChI=1S/C19H18N4O9/c1-19(2)18(25)17(13-7-11(9-20)3-4-14(13)31-19)21-6-5-12(8-16(21)24)15(32-23(28)29)10-30-22(26)27/h3-8,15,17-18,25H,10H2,1-2H3/t15?,17-,18+/m1/s1. The summed E-state index contributed by atoms with van der Waals surface area (Å²) in [6.45, 7) is 2.47. The first kappa shape index (κ1) is 22.5. The number of hydrogen-bond donors (Lipinski definition) is 1. The fourth-order valence-corrected chi connectivity index (χ4v) is 3.49. The molecule has 168 valence electrons. The van der Waals surface area contributed by atoms with E-state index in [0.29, 0.717) is 16.9 Å². The van der Waals surface area contributed by atoms with Crippen LogP contribution >= 0.6 is 0 Å². The van der Waals surface area contributed by atoms with E-state index in [1.165, 1.54) is 22.9 Å².